The van der Waals surface area contributed by atoms with Crippen LogP contribution < -0.4 is 0 Å². The Kier molecular flexibility index (Phi) is 4.10. The summed E-state index contributed by atoms with van der Waals surface area (Å²) in [7, 11) is 0. The Balaban J connectivity index is 1.29. The van der Waals surface area contributed by atoms with Crippen molar-refractivity contribution in [1.29, 1.82) is 0 Å². The molecule has 0 aliphatic carbocycles. The zero-order chi connectivity index (χ0) is 18.2. The lowest BCUT2D eigenvalue weighted by atomic mass is 10.1. The normalized spacial score (nSPS) is 16.9. The Bertz CT molecular complexity index is 1050. The van der Waals surface area contributed by atoms with Crippen LogP contribution in [0.1, 0.15) is 28.7 Å². The lowest BCUT2D eigenvalue weighted by Gasteiger charge is -2.13. The van der Waals surface area contributed by atoms with Crippen molar-refractivity contribution in [2.75, 3.05) is 13.1 Å². The Hall–Kier alpha value is -2.78. The van der Waals surface area contributed by atoms with Gasteiger partial charge >= 0.3 is 0 Å². The molecule has 136 valence electrons. The molecule has 5 heterocycles. The second-order valence-corrected chi connectivity index (χ2v) is 7.99. The minimum absolute atomic E-state index is 0.0637. The number of nitrogens with zero attached hydrogens (tertiary/aromatic N) is 4. The van der Waals surface area contributed by atoms with E-state index in [0.29, 0.717) is 36.3 Å². The molecule has 0 radical (unpaired) electrons. The molecule has 1 amide bonds. The number of likely N-dealkylation sites (tertiary alicyclic amines) is 1. The maximum absolute atomic E-state index is 12.7. The quantitative estimate of drug-likeness (QED) is 0.513. The molecule has 0 bridgehead atoms. The molecule has 0 aromatic carbocycles. The number of rotatable bonds is 4. The molecular weight excluding hydrogens is 384 g/mol. The van der Waals surface area contributed by atoms with Gasteiger partial charge in [-0.2, -0.15) is 16.3 Å². The first kappa shape index (κ1) is 16.4. The molecular formula is C18H14N4O3S2. The second-order valence-electron chi connectivity index (χ2n) is 6.26. The maximum atomic E-state index is 12.7. The van der Waals surface area contributed by atoms with Crippen LogP contribution in [0.5, 0.6) is 0 Å². The standard InChI is InChI=1S/C18H14N4O3S2/c23-18(13-8-14(24-20-13)15-2-1-6-27-15)22-5-3-11(9-22)16-19-17(25-21-16)12-4-7-26-10-12/h1-2,4,6-8,10-11H,3,5,9H2/t11-/m1/s1. The van der Waals surface area contributed by atoms with Crippen LogP contribution in [0.15, 0.2) is 49.5 Å². The predicted octanol–water partition coefficient (Wildman–Crippen LogP) is 4.14. The summed E-state index contributed by atoms with van der Waals surface area (Å²) >= 11 is 3.13. The fourth-order valence-corrected chi connectivity index (χ4v) is 4.44. The van der Waals surface area contributed by atoms with Crippen molar-refractivity contribution in [3.63, 3.8) is 0 Å². The van der Waals surface area contributed by atoms with E-state index in [1.807, 2.05) is 34.3 Å². The first-order chi connectivity index (χ1) is 13.3. The Morgan fingerprint density at radius 1 is 1.22 bits per heavy atom. The van der Waals surface area contributed by atoms with E-state index in [9.17, 15) is 4.79 Å². The van der Waals surface area contributed by atoms with E-state index in [1.54, 1.807) is 33.6 Å². The van der Waals surface area contributed by atoms with E-state index in [0.717, 1.165) is 16.9 Å². The smallest absolute Gasteiger partial charge is 0.276 e. The van der Waals surface area contributed by atoms with E-state index in [2.05, 4.69) is 15.3 Å². The monoisotopic (exact) mass is 398 g/mol. The van der Waals surface area contributed by atoms with Crippen molar-refractivity contribution in [2.45, 2.75) is 12.3 Å². The van der Waals surface area contributed by atoms with Crippen LogP contribution in [0, 0.1) is 0 Å². The highest BCUT2D eigenvalue weighted by Crippen LogP contribution is 2.30. The van der Waals surface area contributed by atoms with E-state index >= 15 is 0 Å². The molecule has 1 aliphatic heterocycles. The van der Waals surface area contributed by atoms with Gasteiger partial charge in [-0.05, 0) is 29.3 Å². The Labute approximate surface area is 162 Å². The summed E-state index contributed by atoms with van der Waals surface area (Å²) in [6, 6.07) is 7.52. The van der Waals surface area contributed by atoms with Crippen LogP contribution in [-0.2, 0) is 0 Å². The number of thiophene rings is 2. The van der Waals surface area contributed by atoms with Gasteiger partial charge in [0.25, 0.3) is 11.8 Å². The predicted molar refractivity (Wildman–Crippen MR) is 101 cm³/mol. The summed E-state index contributed by atoms with van der Waals surface area (Å²) in [5.74, 6) is 1.71. The zero-order valence-electron chi connectivity index (χ0n) is 14.1. The van der Waals surface area contributed by atoms with Crippen LogP contribution >= 0.6 is 22.7 Å². The fourth-order valence-electron chi connectivity index (χ4n) is 3.13. The average molecular weight is 398 g/mol. The third kappa shape index (κ3) is 3.08. The van der Waals surface area contributed by atoms with E-state index < -0.39 is 0 Å². The third-order valence-electron chi connectivity index (χ3n) is 4.54. The summed E-state index contributed by atoms with van der Waals surface area (Å²) < 4.78 is 10.7. The van der Waals surface area contributed by atoms with E-state index in [1.165, 1.54) is 0 Å². The summed E-state index contributed by atoms with van der Waals surface area (Å²) in [6.45, 7) is 1.18. The van der Waals surface area contributed by atoms with Crippen LogP contribution in [0.25, 0.3) is 22.1 Å². The van der Waals surface area contributed by atoms with Crippen LogP contribution in [0.3, 0.4) is 0 Å². The summed E-state index contributed by atoms with van der Waals surface area (Å²) in [5.41, 5.74) is 1.25. The number of amides is 1. The molecule has 0 saturated carbocycles. The summed E-state index contributed by atoms with van der Waals surface area (Å²) in [6.07, 6.45) is 0.796. The number of carbonyl (C=O) groups excluding carboxylic acids is 1. The SMILES string of the molecule is O=C(c1cc(-c2cccs2)on1)N1CC[C@@H](c2noc(-c3ccsc3)n2)C1. The Morgan fingerprint density at radius 2 is 2.19 bits per heavy atom. The molecule has 1 atom stereocenters. The second kappa shape index (κ2) is 6.75. The maximum Gasteiger partial charge on any atom is 0.276 e. The third-order valence-corrected chi connectivity index (χ3v) is 6.11. The van der Waals surface area contributed by atoms with Gasteiger partial charge in [-0.1, -0.05) is 16.4 Å². The molecule has 9 heteroatoms. The summed E-state index contributed by atoms with van der Waals surface area (Å²) in [4.78, 5) is 20.0. The van der Waals surface area contributed by atoms with Crippen molar-refractivity contribution in [2.24, 2.45) is 0 Å². The number of hydrogen-bond acceptors (Lipinski definition) is 8. The lowest BCUT2D eigenvalue weighted by molar-refractivity contribution is 0.0780. The molecule has 7 nitrogen and oxygen atoms in total. The highest BCUT2D eigenvalue weighted by Gasteiger charge is 2.32. The van der Waals surface area contributed by atoms with Crippen molar-refractivity contribution in [3.05, 3.63) is 51.9 Å². The molecule has 0 N–H and O–H groups in total. The molecule has 4 aromatic heterocycles. The van der Waals surface area contributed by atoms with Gasteiger partial charge in [0.2, 0.25) is 0 Å². The first-order valence-corrected chi connectivity index (χ1v) is 10.3. The number of aromatic nitrogens is 3. The average Bonchev–Trinajstić information content (AvgIpc) is 3.50. The van der Waals surface area contributed by atoms with Gasteiger partial charge in [-0.15, -0.1) is 11.3 Å². The highest BCUT2D eigenvalue weighted by atomic mass is 32.1. The van der Waals surface area contributed by atoms with Crippen molar-refractivity contribution < 1.29 is 13.8 Å². The van der Waals surface area contributed by atoms with Gasteiger partial charge in [0.1, 0.15) is 0 Å². The zero-order valence-corrected chi connectivity index (χ0v) is 15.7. The van der Waals surface area contributed by atoms with Gasteiger partial charge in [0.05, 0.1) is 10.4 Å². The molecule has 1 fully saturated rings. The first-order valence-electron chi connectivity index (χ1n) is 8.44. The van der Waals surface area contributed by atoms with Crippen molar-refractivity contribution >= 4 is 28.6 Å². The van der Waals surface area contributed by atoms with Crippen LogP contribution in [-0.4, -0.2) is 39.2 Å². The van der Waals surface area contributed by atoms with Gasteiger partial charge in [-0.3, -0.25) is 4.79 Å². The van der Waals surface area contributed by atoms with Crippen LogP contribution in [0.2, 0.25) is 0 Å². The molecule has 4 aromatic rings. The number of carbonyl (C=O) groups is 1. The Morgan fingerprint density at radius 3 is 3.00 bits per heavy atom. The fraction of sp³-hybridized carbons (Fsp3) is 0.222. The van der Waals surface area contributed by atoms with Gasteiger partial charge in [0.15, 0.2) is 17.3 Å². The minimum atomic E-state index is -0.134. The molecule has 27 heavy (non-hydrogen) atoms. The largest absolute Gasteiger partial charge is 0.355 e. The number of hydrogen-bond donors (Lipinski definition) is 0. The molecule has 1 aliphatic rings. The van der Waals surface area contributed by atoms with Gasteiger partial charge in [0, 0.05) is 30.5 Å². The minimum Gasteiger partial charge on any atom is -0.355 e. The highest BCUT2D eigenvalue weighted by molar-refractivity contribution is 7.13. The summed E-state index contributed by atoms with van der Waals surface area (Å²) in [5, 5.41) is 13.9. The molecule has 1 saturated heterocycles. The van der Waals surface area contributed by atoms with Gasteiger partial charge < -0.3 is 13.9 Å². The van der Waals surface area contributed by atoms with Crippen molar-refractivity contribution in [3.8, 4) is 22.1 Å². The molecule has 0 spiro atoms. The topological polar surface area (TPSA) is 85.3 Å². The molecule has 5 rings (SSSR count). The van der Waals surface area contributed by atoms with E-state index in [-0.39, 0.29) is 11.8 Å². The molecule has 0 unspecified atom stereocenters. The van der Waals surface area contributed by atoms with E-state index in [4.69, 9.17) is 9.05 Å². The van der Waals surface area contributed by atoms with Gasteiger partial charge in [-0.25, -0.2) is 0 Å². The van der Waals surface area contributed by atoms with Crippen molar-refractivity contribution in [1.82, 2.24) is 20.2 Å². The lowest BCUT2D eigenvalue weighted by Crippen LogP contribution is -2.28. The van der Waals surface area contributed by atoms with Crippen LogP contribution in [0.4, 0.5) is 0 Å².